The van der Waals surface area contributed by atoms with E-state index >= 15 is 0 Å². The lowest BCUT2D eigenvalue weighted by Crippen LogP contribution is -2.14. The van der Waals surface area contributed by atoms with Crippen LogP contribution in [0.3, 0.4) is 0 Å². The third kappa shape index (κ3) is 1.87. The zero-order chi connectivity index (χ0) is 9.14. The van der Waals surface area contributed by atoms with Gasteiger partial charge < -0.3 is 5.32 Å². The van der Waals surface area contributed by atoms with Crippen LogP contribution >= 0.6 is 15.9 Å². The lowest BCUT2D eigenvalue weighted by Gasteiger charge is -2.10. The standard InChI is InChI=1S/C8H14BrN3/c1-6(2)12-8(5-10-3)7(9)4-11-12/h4,6,10H,5H2,1-3H3. The Hall–Kier alpha value is -0.350. The zero-order valence-electron chi connectivity index (χ0n) is 7.63. The fourth-order valence-electron chi connectivity index (χ4n) is 1.14. The van der Waals surface area contributed by atoms with E-state index in [-0.39, 0.29) is 0 Å². The molecule has 0 atom stereocenters. The predicted octanol–water partition coefficient (Wildman–Crippen LogP) is 1.95. The molecule has 0 aromatic carbocycles. The van der Waals surface area contributed by atoms with Crippen LogP contribution in [0, 0.1) is 0 Å². The molecule has 0 amide bonds. The second-order valence-corrected chi connectivity index (χ2v) is 3.86. The molecule has 1 rings (SSSR count). The van der Waals surface area contributed by atoms with E-state index in [4.69, 9.17) is 0 Å². The predicted molar refractivity (Wildman–Crippen MR) is 53.1 cm³/mol. The van der Waals surface area contributed by atoms with Crippen molar-refractivity contribution in [2.45, 2.75) is 26.4 Å². The molecule has 0 aliphatic rings. The van der Waals surface area contributed by atoms with Crippen molar-refractivity contribution in [3.8, 4) is 0 Å². The maximum absolute atomic E-state index is 4.26. The lowest BCUT2D eigenvalue weighted by molar-refractivity contribution is 0.501. The van der Waals surface area contributed by atoms with E-state index < -0.39 is 0 Å². The third-order valence-electron chi connectivity index (χ3n) is 1.68. The van der Waals surface area contributed by atoms with Gasteiger partial charge in [-0.3, -0.25) is 4.68 Å². The SMILES string of the molecule is CNCc1c(Br)cnn1C(C)C. The summed E-state index contributed by atoms with van der Waals surface area (Å²) in [5.74, 6) is 0. The largest absolute Gasteiger partial charge is 0.314 e. The van der Waals surface area contributed by atoms with Crippen LogP contribution in [0.25, 0.3) is 0 Å². The van der Waals surface area contributed by atoms with Crippen LogP contribution in [0.5, 0.6) is 0 Å². The van der Waals surface area contributed by atoms with E-state index in [1.807, 2.05) is 17.9 Å². The first-order chi connectivity index (χ1) is 5.66. The minimum atomic E-state index is 0.416. The van der Waals surface area contributed by atoms with Gasteiger partial charge in [0.05, 0.1) is 16.4 Å². The van der Waals surface area contributed by atoms with E-state index in [0.29, 0.717) is 6.04 Å². The summed E-state index contributed by atoms with van der Waals surface area (Å²) in [4.78, 5) is 0. The molecule has 1 heterocycles. The Morgan fingerprint density at radius 3 is 2.83 bits per heavy atom. The van der Waals surface area contributed by atoms with Crippen molar-refractivity contribution in [1.82, 2.24) is 15.1 Å². The molecule has 0 aliphatic carbocycles. The van der Waals surface area contributed by atoms with Crippen LogP contribution in [-0.2, 0) is 6.54 Å². The number of nitrogens with one attached hydrogen (secondary N) is 1. The molecule has 1 aromatic heterocycles. The van der Waals surface area contributed by atoms with Crippen molar-refractivity contribution in [3.63, 3.8) is 0 Å². The minimum absolute atomic E-state index is 0.416. The Kier molecular flexibility index (Phi) is 3.29. The van der Waals surface area contributed by atoms with Crippen LogP contribution in [0.1, 0.15) is 25.6 Å². The summed E-state index contributed by atoms with van der Waals surface area (Å²) in [6.45, 7) is 5.09. The summed E-state index contributed by atoms with van der Waals surface area (Å²) in [5, 5.41) is 7.38. The van der Waals surface area contributed by atoms with Gasteiger partial charge in [-0.05, 0) is 36.8 Å². The van der Waals surface area contributed by atoms with Crippen molar-refractivity contribution in [2.75, 3.05) is 7.05 Å². The van der Waals surface area contributed by atoms with Crippen LogP contribution in [0.15, 0.2) is 10.7 Å². The molecule has 0 aliphatic heterocycles. The Morgan fingerprint density at radius 2 is 2.33 bits per heavy atom. The van der Waals surface area contributed by atoms with Crippen LogP contribution in [0.2, 0.25) is 0 Å². The molecule has 0 bridgehead atoms. The van der Waals surface area contributed by atoms with E-state index in [0.717, 1.165) is 11.0 Å². The van der Waals surface area contributed by atoms with Gasteiger partial charge in [-0.1, -0.05) is 0 Å². The molecule has 0 radical (unpaired) electrons. The smallest absolute Gasteiger partial charge is 0.0667 e. The van der Waals surface area contributed by atoms with E-state index in [1.54, 1.807) is 0 Å². The fourth-order valence-corrected chi connectivity index (χ4v) is 1.56. The molecule has 0 fully saturated rings. The Bertz CT molecular complexity index is 255. The van der Waals surface area contributed by atoms with Gasteiger partial charge in [0.25, 0.3) is 0 Å². The Labute approximate surface area is 81.3 Å². The number of hydrogen-bond acceptors (Lipinski definition) is 2. The number of halogens is 1. The molecule has 3 nitrogen and oxygen atoms in total. The van der Waals surface area contributed by atoms with Crippen LogP contribution < -0.4 is 5.32 Å². The molecular weight excluding hydrogens is 218 g/mol. The zero-order valence-corrected chi connectivity index (χ0v) is 9.22. The summed E-state index contributed by atoms with van der Waals surface area (Å²) < 4.78 is 3.09. The maximum atomic E-state index is 4.26. The highest BCUT2D eigenvalue weighted by Crippen LogP contribution is 2.18. The molecule has 4 heteroatoms. The monoisotopic (exact) mass is 231 g/mol. The number of aromatic nitrogens is 2. The molecule has 1 N–H and O–H groups in total. The molecule has 12 heavy (non-hydrogen) atoms. The molecule has 0 saturated heterocycles. The third-order valence-corrected chi connectivity index (χ3v) is 2.34. The lowest BCUT2D eigenvalue weighted by atomic mass is 10.3. The first kappa shape index (κ1) is 9.74. The second-order valence-electron chi connectivity index (χ2n) is 3.01. The topological polar surface area (TPSA) is 29.9 Å². The highest BCUT2D eigenvalue weighted by atomic mass is 79.9. The summed E-state index contributed by atoms with van der Waals surface area (Å²) in [5.41, 5.74) is 1.20. The fraction of sp³-hybridized carbons (Fsp3) is 0.625. The molecular formula is C8H14BrN3. The number of nitrogens with zero attached hydrogens (tertiary/aromatic N) is 2. The molecule has 68 valence electrons. The quantitative estimate of drug-likeness (QED) is 0.863. The van der Waals surface area contributed by atoms with Gasteiger partial charge >= 0.3 is 0 Å². The maximum Gasteiger partial charge on any atom is 0.0667 e. The van der Waals surface area contributed by atoms with Gasteiger partial charge in [0, 0.05) is 12.6 Å². The van der Waals surface area contributed by atoms with Gasteiger partial charge in [0.2, 0.25) is 0 Å². The number of rotatable bonds is 3. The van der Waals surface area contributed by atoms with Crippen molar-refractivity contribution in [1.29, 1.82) is 0 Å². The average molecular weight is 232 g/mol. The molecule has 0 saturated carbocycles. The highest BCUT2D eigenvalue weighted by molar-refractivity contribution is 9.10. The summed E-state index contributed by atoms with van der Waals surface area (Å²) >= 11 is 3.46. The first-order valence-corrected chi connectivity index (χ1v) is 4.82. The summed E-state index contributed by atoms with van der Waals surface area (Å²) in [6.07, 6.45) is 1.84. The second kappa shape index (κ2) is 4.05. The average Bonchev–Trinajstić information content (AvgIpc) is 2.34. The molecule has 0 spiro atoms. The highest BCUT2D eigenvalue weighted by Gasteiger charge is 2.09. The van der Waals surface area contributed by atoms with Crippen molar-refractivity contribution < 1.29 is 0 Å². The van der Waals surface area contributed by atoms with Crippen molar-refractivity contribution >= 4 is 15.9 Å². The van der Waals surface area contributed by atoms with Crippen molar-refractivity contribution in [3.05, 3.63) is 16.4 Å². The van der Waals surface area contributed by atoms with Gasteiger partial charge in [0.1, 0.15) is 0 Å². The minimum Gasteiger partial charge on any atom is -0.314 e. The number of hydrogen-bond donors (Lipinski definition) is 1. The summed E-state index contributed by atoms with van der Waals surface area (Å²) in [7, 11) is 1.93. The normalized spacial score (nSPS) is 11.1. The Balaban J connectivity index is 2.95. The van der Waals surface area contributed by atoms with Gasteiger partial charge in [-0.2, -0.15) is 5.10 Å². The van der Waals surface area contributed by atoms with Gasteiger partial charge in [-0.15, -0.1) is 0 Å². The van der Waals surface area contributed by atoms with Crippen LogP contribution in [-0.4, -0.2) is 16.8 Å². The van der Waals surface area contributed by atoms with E-state index in [1.165, 1.54) is 5.69 Å². The molecule has 0 unspecified atom stereocenters. The van der Waals surface area contributed by atoms with Crippen molar-refractivity contribution in [2.24, 2.45) is 0 Å². The molecule has 1 aromatic rings. The van der Waals surface area contributed by atoms with E-state index in [2.05, 4.69) is 40.2 Å². The van der Waals surface area contributed by atoms with Crippen LogP contribution in [0.4, 0.5) is 0 Å². The Morgan fingerprint density at radius 1 is 1.67 bits per heavy atom. The summed E-state index contributed by atoms with van der Waals surface area (Å²) in [6, 6.07) is 0.416. The van der Waals surface area contributed by atoms with E-state index in [9.17, 15) is 0 Å². The van der Waals surface area contributed by atoms with Gasteiger partial charge in [0.15, 0.2) is 0 Å². The first-order valence-electron chi connectivity index (χ1n) is 4.03. The van der Waals surface area contributed by atoms with Gasteiger partial charge in [-0.25, -0.2) is 0 Å².